The molecule has 1 atom stereocenters. The Balaban J connectivity index is 2.04. The summed E-state index contributed by atoms with van der Waals surface area (Å²) in [5, 5.41) is 0. The smallest absolute Gasteiger partial charge is 0.273 e. The number of hydrogen-bond acceptors (Lipinski definition) is 4. The van der Waals surface area contributed by atoms with Gasteiger partial charge in [0.25, 0.3) is 5.91 Å². The molecule has 0 bridgehead atoms. The molecule has 96 valence electrons. The lowest BCUT2D eigenvalue weighted by Crippen LogP contribution is -2.39. The quantitative estimate of drug-likeness (QED) is 0.757. The van der Waals surface area contributed by atoms with Gasteiger partial charge in [-0.1, -0.05) is 0 Å². The number of halogens is 1. The zero-order valence-electron chi connectivity index (χ0n) is 10.1. The molecule has 3 heterocycles. The highest BCUT2D eigenvalue weighted by Crippen LogP contribution is 2.37. The van der Waals surface area contributed by atoms with E-state index in [4.69, 9.17) is 4.74 Å². The van der Waals surface area contributed by atoms with Crippen LogP contribution >= 0.6 is 15.9 Å². The summed E-state index contributed by atoms with van der Waals surface area (Å²) < 4.78 is 6.42. The Labute approximate surface area is 118 Å². The van der Waals surface area contributed by atoms with Crippen LogP contribution in [0.15, 0.2) is 41.3 Å². The summed E-state index contributed by atoms with van der Waals surface area (Å²) in [5.41, 5.74) is 0.778. The third kappa shape index (κ3) is 2.08. The van der Waals surface area contributed by atoms with Gasteiger partial charge in [-0.15, -0.1) is 0 Å². The predicted octanol–water partition coefficient (Wildman–Crippen LogP) is 2.34. The van der Waals surface area contributed by atoms with Crippen LogP contribution in [-0.4, -0.2) is 22.9 Å². The second kappa shape index (κ2) is 4.62. The zero-order chi connectivity index (χ0) is 13.4. The number of fused-ring (bicyclic) bond motifs is 1. The normalized spacial score (nSPS) is 17.9. The number of likely N-dealkylation sites (N-methyl/N-ethyl adjacent to an activating group) is 1. The van der Waals surface area contributed by atoms with Gasteiger partial charge >= 0.3 is 0 Å². The Bertz CT molecular complexity index is 633. The van der Waals surface area contributed by atoms with Gasteiger partial charge in [0, 0.05) is 25.0 Å². The number of aromatic nitrogens is 2. The lowest BCUT2D eigenvalue weighted by molar-refractivity contribution is -0.126. The van der Waals surface area contributed by atoms with Crippen LogP contribution in [0.4, 0.5) is 5.82 Å². The number of pyridine rings is 2. The monoisotopic (exact) mass is 319 g/mol. The number of carbonyl (C=O) groups is 1. The van der Waals surface area contributed by atoms with E-state index in [0.29, 0.717) is 16.2 Å². The number of amides is 1. The minimum Gasteiger partial charge on any atom is -0.472 e. The Morgan fingerprint density at radius 1 is 1.26 bits per heavy atom. The Morgan fingerprint density at radius 3 is 2.74 bits per heavy atom. The highest BCUT2D eigenvalue weighted by Gasteiger charge is 2.34. The van der Waals surface area contributed by atoms with Crippen molar-refractivity contribution in [1.82, 2.24) is 9.97 Å². The van der Waals surface area contributed by atoms with Crippen molar-refractivity contribution in [1.29, 1.82) is 0 Å². The number of ether oxygens (including phenoxy) is 1. The molecule has 1 unspecified atom stereocenters. The lowest BCUT2D eigenvalue weighted by Gasteiger charge is -2.31. The van der Waals surface area contributed by atoms with Crippen molar-refractivity contribution in [2.24, 2.45) is 0 Å². The molecule has 2 aromatic heterocycles. The van der Waals surface area contributed by atoms with Crippen LogP contribution in [-0.2, 0) is 4.79 Å². The molecule has 19 heavy (non-hydrogen) atoms. The van der Waals surface area contributed by atoms with Crippen molar-refractivity contribution >= 4 is 27.7 Å². The number of carbonyl (C=O) groups excluding carboxylic acids is 1. The van der Waals surface area contributed by atoms with E-state index in [-0.39, 0.29) is 5.91 Å². The van der Waals surface area contributed by atoms with E-state index in [1.807, 2.05) is 0 Å². The van der Waals surface area contributed by atoms with E-state index in [0.717, 1.165) is 5.56 Å². The molecular formula is C13H10BrN3O2. The standard InChI is InChI=1S/C13H10BrN3O2/c1-17-12-9(2-3-10(14)16-12)19-11(13(17)18)8-4-6-15-7-5-8/h2-7,11H,1H3. The van der Waals surface area contributed by atoms with Crippen molar-refractivity contribution in [2.45, 2.75) is 6.10 Å². The van der Waals surface area contributed by atoms with E-state index in [1.54, 1.807) is 43.7 Å². The van der Waals surface area contributed by atoms with Crippen LogP contribution in [0.2, 0.25) is 0 Å². The summed E-state index contributed by atoms with van der Waals surface area (Å²) in [7, 11) is 1.69. The van der Waals surface area contributed by atoms with Gasteiger partial charge < -0.3 is 4.74 Å². The molecule has 0 saturated heterocycles. The molecule has 0 spiro atoms. The first-order chi connectivity index (χ1) is 9.16. The highest BCUT2D eigenvalue weighted by molar-refractivity contribution is 9.10. The minimum absolute atomic E-state index is 0.149. The third-order valence-electron chi connectivity index (χ3n) is 2.93. The Morgan fingerprint density at radius 2 is 2.00 bits per heavy atom. The fourth-order valence-corrected chi connectivity index (χ4v) is 2.25. The fourth-order valence-electron chi connectivity index (χ4n) is 1.95. The molecular weight excluding hydrogens is 310 g/mol. The molecule has 0 N–H and O–H groups in total. The number of rotatable bonds is 1. The van der Waals surface area contributed by atoms with Crippen molar-refractivity contribution in [3.63, 3.8) is 0 Å². The van der Waals surface area contributed by atoms with Crippen LogP contribution < -0.4 is 9.64 Å². The molecule has 5 nitrogen and oxygen atoms in total. The summed E-state index contributed by atoms with van der Waals surface area (Å²) in [6.45, 7) is 0. The third-order valence-corrected chi connectivity index (χ3v) is 3.37. The molecule has 1 aliphatic heterocycles. The van der Waals surface area contributed by atoms with Gasteiger partial charge in [-0.25, -0.2) is 4.98 Å². The maximum atomic E-state index is 12.3. The first-order valence-electron chi connectivity index (χ1n) is 5.67. The second-order valence-electron chi connectivity index (χ2n) is 4.13. The minimum atomic E-state index is -0.650. The van der Waals surface area contributed by atoms with Gasteiger partial charge in [0.15, 0.2) is 11.6 Å². The van der Waals surface area contributed by atoms with E-state index < -0.39 is 6.10 Å². The number of hydrogen-bond donors (Lipinski definition) is 0. The first kappa shape index (κ1) is 12.1. The van der Waals surface area contributed by atoms with Crippen LogP contribution in [0.3, 0.4) is 0 Å². The largest absolute Gasteiger partial charge is 0.472 e. The average molecular weight is 320 g/mol. The SMILES string of the molecule is CN1C(=O)C(c2ccncc2)Oc2ccc(Br)nc21. The van der Waals surface area contributed by atoms with Crippen LogP contribution in [0.1, 0.15) is 11.7 Å². The van der Waals surface area contributed by atoms with Crippen LogP contribution in [0.25, 0.3) is 0 Å². The van der Waals surface area contributed by atoms with Crippen molar-refractivity contribution in [3.05, 3.63) is 46.8 Å². The van der Waals surface area contributed by atoms with E-state index >= 15 is 0 Å². The summed E-state index contributed by atoms with van der Waals surface area (Å²) in [6.07, 6.45) is 2.63. The van der Waals surface area contributed by atoms with Crippen LogP contribution in [0, 0.1) is 0 Å². The topological polar surface area (TPSA) is 55.3 Å². The molecule has 0 aliphatic carbocycles. The fraction of sp³-hybridized carbons (Fsp3) is 0.154. The average Bonchev–Trinajstić information content (AvgIpc) is 2.44. The van der Waals surface area contributed by atoms with Gasteiger partial charge in [-0.3, -0.25) is 14.7 Å². The highest BCUT2D eigenvalue weighted by atomic mass is 79.9. The van der Waals surface area contributed by atoms with Gasteiger partial charge in [0.1, 0.15) is 4.60 Å². The maximum Gasteiger partial charge on any atom is 0.273 e. The number of nitrogens with zero attached hydrogens (tertiary/aromatic N) is 3. The van der Waals surface area contributed by atoms with Gasteiger partial charge in [-0.05, 0) is 40.2 Å². The summed E-state index contributed by atoms with van der Waals surface area (Å²) in [4.78, 5) is 22.0. The molecule has 0 fully saturated rings. The Kier molecular flexibility index (Phi) is 2.94. The van der Waals surface area contributed by atoms with Crippen molar-refractivity contribution < 1.29 is 9.53 Å². The molecule has 0 saturated carbocycles. The van der Waals surface area contributed by atoms with E-state index in [9.17, 15) is 4.79 Å². The molecule has 3 rings (SSSR count). The van der Waals surface area contributed by atoms with Crippen molar-refractivity contribution in [2.75, 3.05) is 11.9 Å². The summed E-state index contributed by atoms with van der Waals surface area (Å²) in [6, 6.07) is 7.12. The molecule has 0 aromatic carbocycles. The molecule has 2 aromatic rings. The lowest BCUT2D eigenvalue weighted by atomic mass is 10.1. The van der Waals surface area contributed by atoms with E-state index in [1.165, 1.54) is 4.90 Å². The molecule has 0 radical (unpaired) electrons. The van der Waals surface area contributed by atoms with Gasteiger partial charge in [0.05, 0.1) is 0 Å². The molecule has 1 aliphatic rings. The predicted molar refractivity (Wildman–Crippen MR) is 73.0 cm³/mol. The summed E-state index contributed by atoms with van der Waals surface area (Å²) >= 11 is 3.28. The molecule has 1 amide bonds. The van der Waals surface area contributed by atoms with Gasteiger partial charge in [-0.2, -0.15) is 0 Å². The van der Waals surface area contributed by atoms with E-state index in [2.05, 4.69) is 25.9 Å². The second-order valence-corrected chi connectivity index (χ2v) is 4.94. The van der Waals surface area contributed by atoms with Crippen LogP contribution in [0.5, 0.6) is 5.75 Å². The number of anilines is 1. The Hall–Kier alpha value is -1.95. The maximum absolute atomic E-state index is 12.3. The van der Waals surface area contributed by atoms with Gasteiger partial charge in [0.2, 0.25) is 6.10 Å². The first-order valence-corrected chi connectivity index (χ1v) is 6.47. The molecule has 6 heteroatoms. The summed E-state index contributed by atoms with van der Waals surface area (Å²) in [5.74, 6) is 0.959. The zero-order valence-corrected chi connectivity index (χ0v) is 11.7. The van der Waals surface area contributed by atoms with Crippen molar-refractivity contribution in [3.8, 4) is 5.75 Å².